The Balaban J connectivity index is 2.25. The smallest absolute Gasteiger partial charge is 0.221 e. The normalized spacial score (nSPS) is 23.1. The summed E-state index contributed by atoms with van der Waals surface area (Å²) in [6.45, 7) is 2.74. The van der Waals surface area contributed by atoms with Crippen molar-refractivity contribution in [2.24, 2.45) is 11.7 Å². The van der Waals surface area contributed by atoms with Gasteiger partial charge in [0.2, 0.25) is 5.88 Å². The standard InChI is InChI=1S/C13H22N4O/c1-9-12(15-8-16-13(9)18-3)17(2)11-6-4-5-10(11)7-14/h8,10-11H,4-7,14H2,1-3H3. The molecule has 5 nitrogen and oxygen atoms in total. The van der Waals surface area contributed by atoms with E-state index in [0.29, 0.717) is 17.8 Å². The van der Waals surface area contributed by atoms with Crippen LogP contribution < -0.4 is 15.4 Å². The van der Waals surface area contributed by atoms with Crippen molar-refractivity contribution in [1.82, 2.24) is 9.97 Å². The predicted molar refractivity (Wildman–Crippen MR) is 71.9 cm³/mol. The second kappa shape index (κ2) is 5.52. The zero-order chi connectivity index (χ0) is 13.1. The summed E-state index contributed by atoms with van der Waals surface area (Å²) in [5.74, 6) is 2.16. The molecule has 1 aliphatic rings. The van der Waals surface area contributed by atoms with Gasteiger partial charge in [-0.15, -0.1) is 0 Å². The lowest BCUT2D eigenvalue weighted by Crippen LogP contribution is -2.38. The Kier molecular flexibility index (Phi) is 4.01. The van der Waals surface area contributed by atoms with Crippen LogP contribution in [0.3, 0.4) is 0 Å². The molecule has 18 heavy (non-hydrogen) atoms. The van der Waals surface area contributed by atoms with Gasteiger partial charge in [-0.25, -0.2) is 9.97 Å². The van der Waals surface area contributed by atoms with Gasteiger partial charge in [-0.3, -0.25) is 0 Å². The zero-order valence-corrected chi connectivity index (χ0v) is 11.4. The Morgan fingerprint density at radius 2 is 2.22 bits per heavy atom. The molecule has 0 bridgehead atoms. The summed E-state index contributed by atoms with van der Waals surface area (Å²) in [5, 5.41) is 0. The fourth-order valence-corrected chi connectivity index (χ4v) is 2.95. The van der Waals surface area contributed by atoms with Gasteiger partial charge in [-0.05, 0) is 32.2 Å². The van der Waals surface area contributed by atoms with E-state index >= 15 is 0 Å². The van der Waals surface area contributed by atoms with Gasteiger partial charge in [0.1, 0.15) is 12.1 Å². The van der Waals surface area contributed by atoms with Gasteiger partial charge < -0.3 is 15.4 Å². The van der Waals surface area contributed by atoms with E-state index in [1.165, 1.54) is 19.3 Å². The molecule has 0 aliphatic heterocycles. The summed E-state index contributed by atoms with van der Waals surface area (Å²) in [4.78, 5) is 10.8. The number of hydrogen-bond donors (Lipinski definition) is 1. The van der Waals surface area contributed by atoms with E-state index in [2.05, 4.69) is 21.9 Å². The van der Waals surface area contributed by atoms with Crippen LogP contribution >= 0.6 is 0 Å². The van der Waals surface area contributed by atoms with Crippen molar-refractivity contribution in [3.8, 4) is 5.88 Å². The lowest BCUT2D eigenvalue weighted by atomic mass is 10.0. The van der Waals surface area contributed by atoms with Crippen LogP contribution in [0.1, 0.15) is 24.8 Å². The molecule has 0 spiro atoms. The lowest BCUT2D eigenvalue weighted by molar-refractivity contribution is 0.392. The second-order valence-electron chi connectivity index (χ2n) is 4.94. The van der Waals surface area contributed by atoms with Gasteiger partial charge >= 0.3 is 0 Å². The van der Waals surface area contributed by atoms with Crippen LogP contribution in [0, 0.1) is 12.8 Å². The molecule has 100 valence electrons. The number of aromatic nitrogens is 2. The van der Waals surface area contributed by atoms with Crippen LogP contribution in [0.25, 0.3) is 0 Å². The van der Waals surface area contributed by atoms with Crippen LogP contribution in [0.2, 0.25) is 0 Å². The first kappa shape index (κ1) is 13.1. The largest absolute Gasteiger partial charge is 0.481 e. The maximum absolute atomic E-state index is 5.85. The lowest BCUT2D eigenvalue weighted by Gasteiger charge is -2.31. The van der Waals surface area contributed by atoms with Crippen molar-refractivity contribution in [2.75, 3.05) is 25.6 Å². The molecular weight excluding hydrogens is 228 g/mol. The first-order valence-electron chi connectivity index (χ1n) is 6.47. The molecule has 1 aliphatic carbocycles. The molecule has 0 aromatic carbocycles. The zero-order valence-electron chi connectivity index (χ0n) is 11.4. The van der Waals surface area contributed by atoms with Gasteiger partial charge in [0.25, 0.3) is 0 Å². The summed E-state index contributed by atoms with van der Waals surface area (Å²) in [6, 6.07) is 0.480. The Bertz CT molecular complexity index is 410. The number of anilines is 1. The predicted octanol–water partition coefficient (Wildman–Crippen LogP) is 1.36. The molecule has 1 fully saturated rings. The van der Waals surface area contributed by atoms with Crippen LogP contribution in [0.5, 0.6) is 5.88 Å². The third kappa shape index (κ3) is 2.27. The fraction of sp³-hybridized carbons (Fsp3) is 0.692. The fourth-order valence-electron chi connectivity index (χ4n) is 2.95. The summed E-state index contributed by atoms with van der Waals surface area (Å²) in [6.07, 6.45) is 5.21. The summed E-state index contributed by atoms with van der Waals surface area (Å²) < 4.78 is 5.25. The number of nitrogens with zero attached hydrogens (tertiary/aromatic N) is 3. The molecule has 5 heteroatoms. The van der Waals surface area contributed by atoms with E-state index in [4.69, 9.17) is 10.5 Å². The average molecular weight is 250 g/mol. The maximum atomic E-state index is 5.85. The molecule has 1 heterocycles. The molecular formula is C13H22N4O. The molecule has 0 amide bonds. The molecule has 1 aromatic heterocycles. The Hall–Kier alpha value is -1.36. The quantitative estimate of drug-likeness (QED) is 0.874. The van der Waals surface area contributed by atoms with Crippen molar-refractivity contribution in [3.63, 3.8) is 0 Å². The van der Waals surface area contributed by atoms with Gasteiger partial charge in [0.15, 0.2) is 0 Å². The van der Waals surface area contributed by atoms with Crippen molar-refractivity contribution < 1.29 is 4.74 Å². The monoisotopic (exact) mass is 250 g/mol. The van der Waals surface area contributed by atoms with E-state index in [-0.39, 0.29) is 0 Å². The third-order valence-corrected chi connectivity index (χ3v) is 3.96. The van der Waals surface area contributed by atoms with E-state index < -0.39 is 0 Å². The van der Waals surface area contributed by atoms with Crippen LogP contribution in [-0.4, -0.2) is 36.7 Å². The summed E-state index contributed by atoms with van der Waals surface area (Å²) in [5.41, 5.74) is 6.84. The highest BCUT2D eigenvalue weighted by Gasteiger charge is 2.31. The molecule has 0 saturated heterocycles. The van der Waals surface area contributed by atoms with Gasteiger partial charge in [0.05, 0.1) is 12.7 Å². The number of ether oxygens (including phenoxy) is 1. The first-order chi connectivity index (χ1) is 8.69. The van der Waals surface area contributed by atoms with E-state index in [9.17, 15) is 0 Å². The summed E-state index contributed by atoms with van der Waals surface area (Å²) >= 11 is 0. The first-order valence-corrected chi connectivity index (χ1v) is 6.47. The number of rotatable bonds is 4. The van der Waals surface area contributed by atoms with Crippen LogP contribution in [0.15, 0.2) is 6.33 Å². The minimum Gasteiger partial charge on any atom is -0.481 e. The average Bonchev–Trinajstić information content (AvgIpc) is 2.86. The Labute approximate surface area is 108 Å². The van der Waals surface area contributed by atoms with Crippen molar-refractivity contribution in [3.05, 3.63) is 11.9 Å². The minimum absolute atomic E-state index is 0.480. The number of nitrogens with two attached hydrogens (primary N) is 1. The molecule has 2 N–H and O–H groups in total. The highest BCUT2D eigenvalue weighted by Crippen LogP contribution is 2.33. The van der Waals surface area contributed by atoms with Crippen LogP contribution in [0.4, 0.5) is 5.82 Å². The highest BCUT2D eigenvalue weighted by atomic mass is 16.5. The number of hydrogen-bond acceptors (Lipinski definition) is 5. The molecule has 0 radical (unpaired) electrons. The topological polar surface area (TPSA) is 64.3 Å². The van der Waals surface area contributed by atoms with Gasteiger partial charge in [-0.2, -0.15) is 0 Å². The second-order valence-corrected chi connectivity index (χ2v) is 4.94. The van der Waals surface area contributed by atoms with Crippen molar-refractivity contribution in [2.45, 2.75) is 32.2 Å². The molecule has 1 saturated carbocycles. The SMILES string of the molecule is COc1ncnc(N(C)C2CCCC2CN)c1C. The van der Waals surface area contributed by atoms with E-state index in [1.807, 2.05) is 6.92 Å². The highest BCUT2D eigenvalue weighted by molar-refractivity contribution is 5.50. The van der Waals surface area contributed by atoms with E-state index in [0.717, 1.165) is 17.9 Å². The van der Waals surface area contributed by atoms with Gasteiger partial charge in [-0.1, -0.05) is 6.42 Å². The maximum Gasteiger partial charge on any atom is 0.221 e. The molecule has 2 unspecified atom stereocenters. The molecule has 2 rings (SSSR count). The number of methoxy groups -OCH3 is 1. The van der Waals surface area contributed by atoms with Crippen molar-refractivity contribution in [1.29, 1.82) is 0 Å². The van der Waals surface area contributed by atoms with Gasteiger partial charge in [0, 0.05) is 13.1 Å². The minimum atomic E-state index is 0.480. The van der Waals surface area contributed by atoms with Crippen molar-refractivity contribution >= 4 is 5.82 Å². The Morgan fingerprint density at radius 3 is 2.89 bits per heavy atom. The molecule has 1 aromatic rings. The molecule has 2 atom stereocenters. The van der Waals surface area contributed by atoms with E-state index in [1.54, 1.807) is 13.4 Å². The third-order valence-electron chi connectivity index (χ3n) is 3.96. The Morgan fingerprint density at radius 1 is 1.44 bits per heavy atom. The van der Waals surface area contributed by atoms with Crippen LogP contribution in [-0.2, 0) is 0 Å². The summed E-state index contributed by atoms with van der Waals surface area (Å²) in [7, 11) is 3.73.